The Bertz CT molecular complexity index is 1330. The Labute approximate surface area is 194 Å². The van der Waals surface area contributed by atoms with E-state index in [0.29, 0.717) is 11.4 Å². The lowest BCUT2D eigenvalue weighted by molar-refractivity contribution is -0.115. The summed E-state index contributed by atoms with van der Waals surface area (Å²) in [5, 5.41) is 4.97. The van der Waals surface area contributed by atoms with Crippen molar-refractivity contribution in [2.45, 2.75) is 11.3 Å². The van der Waals surface area contributed by atoms with Gasteiger partial charge < -0.3 is 5.32 Å². The van der Waals surface area contributed by atoms with Crippen molar-refractivity contribution < 1.29 is 13.2 Å². The molecule has 156 valence electrons. The zero-order valence-corrected chi connectivity index (χ0v) is 19.4. The van der Waals surface area contributed by atoms with Crippen LogP contribution >= 0.6 is 22.6 Å². The molecule has 1 amide bonds. The van der Waals surface area contributed by atoms with Crippen LogP contribution in [0.1, 0.15) is 5.56 Å². The fourth-order valence-corrected chi connectivity index (χ4v) is 4.69. The monoisotopic (exact) mass is 542 g/mol. The van der Waals surface area contributed by atoms with E-state index in [1.54, 1.807) is 24.3 Å². The molecule has 0 aliphatic rings. The third-order valence-electron chi connectivity index (χ3n) is 4.78. The van der Waals surface area contributed by atoms with E-state index >= 15 is 0 Å². The molecule has 0 saturated carbocycles. The maximum absolute atomic E-state index is 12.6. The van der Waals surface area contributed by atoms with Crippen LogP contribution in [0.25, 0.3) is 10.8 Å². The first kappa shape index (κ1) is 21.3. The lowest BCUT2D eigenvalue weighted by atomic mass is 10.0. The molecule has 0 atom stereocenters. The summed E-state index contributed by atoms with van der Waals surface area (Å²) in [6, 6.07) is 27.0. The molecule has 0 aliphatic carbocycles. The van der Waals surface area contributed by atoms with Gasteiger partial charge in [0, 0.05) is 14.9 Å². The summed E-state index contributed by atoms with van der Waals surface area (Å²) < 4.78 is 28.7. The van der Waals surface area contributed by atoms with Crippen molar-refractivity contribution in [3.8, 4) is 0 Å². The van der Waals surface area contributed by atoms with Gasteiger partial charge in [-0.05, 0) is 87.5 Å². The van der Waals surface area contributed by atoms with Crippen molar-refractivity contribution in [2.24, 2.45) is 0 Å². The van der Waals surface area contributed by atoms with Gasteiger partial charge in [-0.1, -0.05) is 42.5 Å². The van der Waals surface area contributed by atoms with E-state index in [1.807, 2.05) is 54.6 Å². The molecule has 0 unspecified atom stereocenters. The second-order valence-corrected chi connectivity index (χ2v) is 9.93. The number of fused-ring (bicyclic) bond motifs is 1. The molecular weight excluding hydrogens is 523 g/mol. The Morgan fingerprint density at radius 2 is 1.42 bits per heavy atom. The van der Waals surface area contributed by atoms with Gasteiger partial charge >= 0.3 is 0 Å². The summed E-state index contributed by atoms with van der Waals surface area (Å²) in [5.41, 5.74) is 1.97. The first-order valence-electron chi connectivity index (χ1n) is 9.56. The van der Waals surface area contributed by atoms with Gasteiger partial charge in [0.25, 0.3) is 10.0 Å². The van der Waals surface area contributed by atoms with E-state index in [-0.39, 0.29) is 17.2 Å². The van der Waals surface area contributed by atoms with Crippen LogP contribution in [0.15, 0.2) is 95.9 Å². The number of rotatable bonds is 6. The molecule has 7 heteroatoms. The van der Waals surface area contributed by atoms with Gasteiger partial charge in [-0.2, -0.15) is 0 Å². The predicted octanol–water partition coefficient (Wildman–Crippen LogP) is 5.43. The molecule has 2 N–H and O–H groups in total. The number of halogens is 1. The average Bonchev–Trinajstić information content (AvgIpc) is 2.76. The molecule has 5 nitrogen and oxygen atoms in total. The molecule has 0 saturated heterocycles. The number of nitrogens with one attached hydrogen (secondary N) is 2. The molecule has 4 aromatic carbocycles. The first-order valence-corrected chi connectivity index (χ1v) is 12.1. The zero-order chi connectivity index (χ0) is 21.8. The third kappa shape index (κ3) is 5.23. The minimum Gasteiger partial charge on any atom is -0.326 e. The van der Waals surface area contributed by atoms with Crippen molar-refractivity contribution in [1.82, 2.24) is 0 Å². The number of amides is 1. The molecule has 0 bridgehead atoms. The number of carbonyl (C=O) groups excluding carboxylic acids is 1. The molecule has 4 aromatic rings. The summed E-state index contributed by atoms with van der Waals surface area (Å²) >= 11 is 2.16. The number of hydrogen-bond acceptors (Lipinski definition) is 3. The summed E-state index contributed by atoms with van der Waals surface area (Å²) in [7, 11) is -3.71. The molecule has 4 rings (SSSR count). The maximum Gasteiger partial charge on any atom is 0.261 e. The standard InChI is InChI=1S/C24H19IN2O3S/c25-19-8-10-21(11-9-19)27-31(29,30)22-14-12-20(13-15-22)26-24(28)16-18-6-3-5-17-4-1-2-7-23(17)18/h1-15,27H,16H2,(H,26,28). The summed E-state index contributed by atoms with van der Waals surface area (Å²) in [6.07, 6.45) is 0.232. The van der Waals surface area contributed by atoms with Crippen molar-refractivity contribution in [3.05, 3.63) is 100 Å². The van der Waals surface area contributed by atoms with Crippen LogP contribution in [-0.2, 0) is 21.2 Å². The number of sulfonamides is 1. The quantitative estimate of drug-likeness (QED) is 0.320. The van der Waals surface area contributed by atoms with Gasteiger partial charge in [0.1, 0.15) is 0 Å². The van der Waals surface area contributed by atoms with Gasteiger partial charge in [0.05, 0.1) is 11.3 Å². The highest BCUT2D eigenvalue weighted by Gasteiger charge is 2.14. The van der Waals surface area contributed by atoms with E-state index in [4.69, 9.17) is 0 Å². The minimum absolute atomic E-state index is 0.123. The Morgan fingerprint density at radius 1 is 0.774 bits per heavy atom. The molecule has 31 heavy (non-hydrogen) atoms. The van der Waals surface area contributed by atoms with Crippen LogP contribution in [0.5, 0.6) is 0 Å². The van der Waals surface area contributed by atoms with Crippen molar-refractivity contribution in [1.29, 1.82) is 0 Å². The lowest BCUT2D eigenvalue weighted by Gasteiger charge is -2.10. The average molecular weight is 542 g/mol. The predicted molar refractivity (Wildman–Crippen MR) is 133 cm³/mol. The summed E-state index contributed by atoms with van der Waals surface area (Å²) in [4.78, 5) is 12.7. The van der Waals surface area contributed by atoms with Crippen LogP contribution in [0.2, 0.25) is 0 Å². The Hall–Kier alpha value is -2.91. The van der Waals surface area contributed by atoms with Crippen molar-refractivity contribution >= 4 is 60.7 Å². The summed E-state index contributed by atoms with van der Waals surface area (Å²) in [6.45, 7) is 0. The largest absolute Gasteiger partial charge is 0.326 e. The van der Waals surface area contributed by atoms with Gasteiger partial charge in [-0.3, -0.25) is 9.52 Å². The second-order valence-electron chi connectivity index (χ2n) is 7.00. The molecule has 0 fully saturated rings. The highest BCUT2D eigenvalue weighted by Crippen LogP contribution is 2.21. The Balaban J connectivity index is 1.44. The lowest BCUT2D eigenvalue weighted by Crippen LogP contribution is -2.15. The highest BCUT2D eigenvalue weighted by atomic mass is 127. The summed E-state index contributed by atoms with van der Waals surface area (Å²) in [5.74, 6) is -0.163. The molecule has 0 spiro atoms. The number of benzene rings is 4. The SMILES string of the molecule is O=C(Cc1cccc2ccccc12)Nc1ccc(S(=O)(=O)Nc2ccc(I)cc2)cc1. The fraction of sp³-hybridized carbons (Fsp3) is 0.0417. The van der Waals surface area contributed by atoms with Gasteiger partial charge in [0.15, 0.2) is 0 Å². The normalized spacial score (nSPS) is 11.3. The second kappa shape index (κ2) is 9.07. The molecule has 0 aromatic heterocycles. The van der Waals surface area contributed by atoms with Gasteiger partial charge in [0.2, 0.25) is 5.91 Å². The Morgan fingerprint density at radius 3 is 2.16 bits per heavy atom. The van der Waals surface area contributed by atoms with Gasteiger partial charge in [-0.15, -0.1) is 0 Å². The first-order chi connectivity index (χ1) is 14.9. The Kier molecular flexibility index (Phi) is 6.24. The zero-order valence-electron chi connectivity index (χ0n) is 16.4. The van der Waals surface area contributed by atoms with Crippen LogP contribution in [-0.4, -0.2) is 14.3 Å². The highest BCUT2D eigenvalue weighted by molar-refractivity contribution is 14.1. The van der Waals surface area contributed by atoms with Crippen LogP contribution in [0.3, 0.4) is 0 Å². The van der Waals surface area contributed by atoms with Crippen molar-refractivity contribution in [3.63, 3.8) is 0 Å². The fourth-order valence-electron chi connectivity index (χ4n) is 3.27. The van der Waals surface area contributed by atoms with E-state index in [9.17, 15) is 13.2 Å². The molecular formula is C24H19IN2O3S. The number of carbonyl (C=O) groups is 1. The van der Waals surface area contributed by atoms with Gasteiger partial charge in [-0.25, -0.2) is 8.42 Å². The number of hydrogen-bond donors (Lipinski definition) is 2. The van der Waals surface area contributed by atoms with Crippen LogP contribution in [0, 0.1) is 3.57 Å². The topological polar surface area (TPSA) is 75.3 Å². The molecule has 0 aliphatic heterocycles. The molecule has 0 radical (unpaired) electrons. The van der Waals surface area contributed by atoms with Crippen molar-refractivity contribution in [2.75, 3.05) is 10.0 Å². The van der Waals surface area contributed by atoms with Crippen LogP contribution in [0.4, 0.5) is 11.4 Å². The van der Waals surface area contributed by atoms with E-state index in [1.165, 1.54) is 12.1 Å². The number of anilines is 2. The molecule has 0 heterocycles. The third-order valence-corrected chi connectivity index (χ3v) is 6.89. The van der Waals surface area contributed by atoms with E-state index in [0.717, 1.165) is 19.9 Å². The van der Waals surface area contributed by atoms with E-state index in [2.05, 4.69) is 32.6 Å². The van der Waals surface area contributed by atoms with E-state index < -0.39 is 10.0 Å². The smallest absolute Gasteiger partial charge is 0.261 e. The maximum atomic E-state index is 12.6. The van der Waals surface area contributed by atoms with Crippen LogP contribution < -0.4 is 10.0 Å². The minimum atomic E-state index is -3.71.